The van der Waals surface area contributed by atoms with Gasteiger partial charge in [0.2, 0.25) is 5.91 Å². The van der Waals surface area contributed by atoms with Crippen molar-refractivity contribution < 1.29 is 34.8 Å². The number of rotatable bonds is 9. The average molecular weight is 676 g/mol. The lowest BCUT2D eigenvalue weighted by Gasteiger charge is -2.63. The van der Waals surface area contributed by atoms with Crippen molar-refractivity contribution in [3.8, 4) is 11.5 Å². The molecule has 0 bridgehead atoms. The minimum atomic E-state index is -0.451. The van der Waals surface area contributed by atoms with Gasteiger partial charge in [0.1, 0.15) is 0 Å². The first kappa shape index (κ1) is 35.4. The van der Waals surface area contributed by atoms with Gasteiger partial charge < -0.3 is 30.5 Å². The molecule has 0 aliphatic heterocycles. The number of phenols is 1. The van der Waals surface area contributed by atoms with Crippen LogP contribution in [0.2, 0.25) is 0 Å². The number of hydrogen-bond donors (Lipinski definition) is 6. The maximum Gasteiger partial charge on any atom is 0.271 e. The van der Waals surface area contributed by atoms with Crippen molar-refractivity contribution >= 4 is 23.7 Å². The van der Waals surface area contributed by atoms with Crippen LogP contribution in [0, 0.1) is 46.3 Å². The molecule has 49 heavy (non-hydrogen) atoms. The highest BCUT2D eigenvalue weighted by atomic mass is 16.5. The lowest BCUT2D eigenvalue weighted by atomic mass is 9.43. The number of benzene rings is 2. The Morgan fingerprint density at radius 1 is 1.02 bits per heavy atom. The molecule has 10 heteroatoms. The number of hydrogen-bond acceptors (Lipinski definition) is 8. The van der Waals surface area contributed by atoms with E-state index < -0.39 is 18.1 Å². The largest absolute Gasteiger partial charge is 0.504 e. The third-order valence-corrected chi connectivity index (χ3v) is 13.4. The quantitative estimate of drug-likeness (QED) is 0.152. The van der Waals surface area contributed by atoms with Crippen LogP contribution in [-0.2, 0) is 4.79 Å². The Morgan fingerprint density at radius 3 is 2.51 bits per heavy atom. The molecular weight excluding hydrogens is 622 g/mol. The maximum atomic E-state index is 13.0. The zero-order valence-corrected chi connectivity index (χ0v) is 29.1. The van der Waals surface area contributed by atoms with Crippen molar-refractivity contribution in [3.05, 3.63) is 53.6 Å². The number of ether oxygens (including phenoxy) is 1. The number of nitrogens with one attached hydrogen (secondary N) is 2. The summed E-state index contributed by atoms with van der Waals surface area (Å²) in [5.41, 5.74) is 3.54. The molecule has 4 saturated carbocycles. The van der Waals surface area contributed by atoms with Gasteiger partial charge in [-0.25, -0.2) is 5.43 Å². The first-order valence-corrected chi connectivity index (χ1v) is 18.0. The number of carbonyl (C=O) groups is 2. The van der Waals surface area contributed by atoms with Gasteiger partial charge in [-0.2, -0.15) is 5.10 Å². The third-order valence-electron chi connectivity index (χ3n) is 13.4. The smallest absolute Gasteiger partial charge is 0.271 e. The zero-order valence-electron chi connectivity index (χ0n) is 29.1. The second-order valence-corrected chi connectivity index (χ2v) is 15.8. The van der Waals surface area contributed by atoms with Gasteiger partial charge in [-0.3, -0.25) is 9.59 Å². The SMILES string of the molecule is COc1cccc(/C=N/NC(=O)c2ccc(NC(=O)CC[C@@H](C)[C@H]3CC[C@H]4[C@@H]5[C@H](O)C[C@@H]6C[C@H](O)CC[C@]6(C)[C@H]5C[C@H](O)[C@]34C)cc2)c1O. The van der Waals surface area contributed by atoms with Gasteiger partial charge in [0.15, 0.2) is 11.5 Å². The Hall–Kier alpha value is -3.47. The molecule has 4 aliphatic rings. The summed E-state index contributed by atoms with van der Waals surface area (Å²) < 4.78 is 5.08. The fourth-order valence-electron chi connectivity index (χ4n) is 10.7. The highest BCUT2D eigenvalue weighted by Gasteiger charge is 2.65. The predicted molar refractivity (Wildman–Crippen MR) is 187 cm³/mol. The molecule has 10 nitrogen and oxygen atoms in total. The van der Waals surface area contributed by atoms with Crippen LogP contribution < -0.4 is 15.5 Å². The van der Waals surface area contributed by atoms with Gasteiger partial charge in [-0.15, -0.1) is 0 Å². The topological polar surface area (TPSA) is 161 Å². The van der Waals surface area contributed by atoms with Crippen molar-refractivity contribution in [1.29, 1.82) is 0 Å². The Bertz CT molecular complexity index is 1550. The van der Waals surface area contributed by atoms with Crippen molar-refractivity contribution in [2.75, 3.05) is 12.4 Å². The highest BCUT2D eigenvalue weighted by molar-refractivity contribution is 5.96. The van der Waals surface area contributed by atoms with E-state index >= 15 is 0 Å². The fraction of sp³-hybridized carbons (Fsp3) is 0.615. The first-order valence-electron chi connectivity index (χ1n) is 18.0. The predicted octanol–water partition coefficient (Wildman–Crippen LogP) is 5.48. The van der Waals surface area contributed by atoms with E-state index in [2.05, 4.69) is 36.6 Å². The number of hydrazone groups is 1. The molecule has 6 rings (SSSR count). The molecule has 0 unspecified atom stereocenters. The van der Waals surface area contributed by atoms with Gasteiger partial charge in [-0.1, -0.05) is 26.8 Å². The van der Waals surface area contributed by atoms with Crippen molar-refractivity contribution in [1.82, 2.24) is 5.43 Å². The second kappa shape index (κ2) is 14.0. The summed E-state index contributed by atoms with van der Waals surface area (Å²) >= 11 is 0. The van der Waals surface area contributed by atoms with Crippen LogP contribution in [0.1, 0.15) is 94.5 Å². The number of methoxy groups -OCH3 is 1. The molecule has 266 valence electrons. The van der Waals surface area contributed by atoms with E-state index in [0.29, 0.717) is 47.7 Å². The monoisotopic (exact) mass is 675 g/mol. The summed E-state index contributed by atoms with van der Waals surface area (Å²) in [6, 6.07) is 11.6. The fourth-order valence-corrected chi connectivity index (χ4v) is 10.7. The Kier molecular flexibility index (Phi) is 10.1. The molecular formula is C39H53N3O7. The van der Waals surface area contributed by atoms with Crippen molar-refractivity contribution in [2.45, 2.75) is 96.9 Å². The van der Waals surface area contributed by atoms with E-state index in [1.165, 1.54) is 13.3 Å². The van der Waals surface area contributed by atoms with E-state index in [9.17, 15) is 30.0 Å². The lowest BCUT2D eigenvalue weighted by Crippen LogP contribution is -2.62. The molecule has 0 spiro atoms. The normalized spacial score (nSPS) is 35.9. The molecule has 11 atom stereocenters. The van der Waals surface area contributed by atoms with Gasteiger partial charge in [-0.05, 0) is 134 Å². The summed E-state index contributed by atoms with van der Waals surface area (Å²) in [5.74, 6) is 1.17. The molecule has 2 amide bonds. The van der Waals surface area contributed by atoms with Crippen LogP contribution in [0.4, 0.5) is 5.69 Å². The van der Waals surface area contributed by atoms with E-state index in [1.807, 2.05) is 0 Å². The first-order chi connectivity index (χ1) is 23.4. The number of phenolic OH excluding ortho intramolecular Hbond substituents is 1. The second-order valence-electron chi connectivity index (χ2n) is 15.8. The van der Waals surface area contributed by atoms with E-state index in [0.717, 1.165) is 38.5 Å². The van der Waals surface area contributed by atoms with Crippen LogP contribution in [0.3, 0.4) is 0 Å². The number of amides is 2. The molecule has 0 radical (unpaired) electrons. The average Bonchev–Trinajstić information content (AvgIpc) is 3.44. The van der Waals surface area contributed by atoms with Crippen LogP contribution in [0.15, 0.2) is 47.6 Å². The van der Waals surface area contributed by atoms with Crippen LogP contribution in [0.25, 0.3) is 0 Å². The standard InChI is InChI=1S/C39H53N3O7/c1-22(28-13-14-29-35-30(20-33(45)39(28,29)3)38(2)17-16-27(43)18-25(38)19-31(35)44)8-15-34(46)41-26-11-9-23(10-12-26)37(48)42-40-21-24-6-5-7-32(49-4)36(24)47/h5-7,9-12,21-22,25,27-31,33,35,43-45,47H,8,13-20H2,1-4H3,(H,41,46)(H,42,48)/b40-21+/t22-,25+,27-,28-,29+,30+,31-,33+,35+,38+,39-/m1/s1. The van der Waals surface area contributed by atoms with Crippen molar-refractivity contribution in [3.63, 3.8) is 0 Å². The van der Waals surface area contributed by atoms with Gasteiger partial charge in [0.25, 0.3) is 5.91 Å². The van der Waals surface area contributed by atoms with Crippen molar-refractivity contribution in [2.24, 2.45) is 51.4 Å². The Morgan fingerprint density at radius 2 is 1.78 bits per heavy atom. The maximum absolute atomic E-state index is 13.0. The number of nitrogens with zero attached hydrogens (tertiary/aromatic N) is 1. The van der Waals surface area contributed by atoms with Crippen LogP contribution >= 0.6 is 0 Å². The number of carbonyl (C=O) groups excluding carboxylic acids is 2. The minimum Gasteiger partial charge on any atom is -0.504 e. The number of aliphatic hydroxyl groups excluding tert-OH is 3. The summed E-state index contributed by atoms with van der Waals surface area (Å²) in [5, 5.41) is 50.8. The molecule has 0 heterocycles. The summed E-state index contributed by atoms with van der Waals surface area (Å²) in [4.78, 5) is 25.6. The molecule has 4 aliphatic carbocycles. The number of aliphatic hydroxyl groups is 3. The molecule has 2 aromatic rings. The van der Waals surface area contributed by atoms with Gasteiger partial charge in [0, 0.05) is 23.2 Å². The van der Waals surface area contributed by atoms with E-state index in [1.54, 1.807) is 42.5 Å². The Labute approximate surface area is 289 Å². The highest BCUT2D eigenvalue weighted by Crippen LogP contribution is 2.68. The van der Waals surface area contributed by atoms with E-state index in [4.69, 9.17) is 4.74 Å². The zero-order chi connectivity index (χ0) is 35.1. The lowest BCUT2D eigenvalue weighted by molar-refractivity contribution is -0.207. The van der Waals surface area contributed by atoms with E-state index in [-0.39, 0.29) is 58.2 Å². The number of para-hydroxylation sites is 1. The summed E-state index contributed by atoms with van der Waals surface area (Å²) in [7, 11) is 1.45. The van der Waals surface area contributed by atoms with Crippen LogP contribution in [-0.4, -0.2) is 63.9 Å². The molecule has 4 fully saturated rings. The molecule has 2 aromatic carbocycles. The number of aromatic hydroxyl groups is 1. The number of anilines is 1. The van der Waals surface area contributed by atoms with Gasteiger partial charge >= 0.3 is 0 Å². The van der Waals surface area contributed by atoms with Gasteiger partial charge in [0.05, 0.1) is 31.6 Å². The summed E-state index contributed by atoms with van der Waals surface area (Å²) in [6.07, 6.45) is 7.19. The Balaban J connectivity index is 1.02. The summed E-state index contributed by atoms with van der Waals surface area (Å²) in [6.45, 7) is 6.79. The third kappa shape index (κ3) is 6.59. The molecule has 0 saturated heterocycles. The minimum absolute atomic E-state index is 0.0471. The number of fused-ring (bicyclic) bond motifs is 5. The van der Waals surface area contributed by atoms with Crippen LogP contribution in [0.5, 0.6) is 11.5 Å². The molecule has 0 aromatic heterocycles. The molecule has 6 N–H and O–H groups in total.